The second-order valence-electron chi connectivity index (χ2n) is 1.80. The van der Waals surface area contributed by atoms with Crippen LogP contribution in [-0.4, -0.2) is 10.9 Å². The third kappa shape index (κ3) is 0.738. The molecule has 0 saturated heterocycles. The van der Waals surface area contributed by atoms with Gasteiger partial charge in [0.25, 0.3) is 0 Å². The van der Waals surface area contributed by atoms with Gasteiger partial charge >= 0.3 is 0 Å². The van der Waals surface area contributed by atoms with Crippen molar-refractivity contribution < 1.29 is 5.11 Å². The summed E-state index contributed by atoms with van der Waals surface area (Å²) in [6.45, 7) is 0.0486. The van der Waals surface area contributed by atoms with Gasteiger partial charge in [0.2, 0.25) is 0 Å². The second-order valence-corrected chi connectivity index (χ2v) is 3.48. The summed E-state index contributed by atoms with van der Waals surface area (Å²) in [4.78, 5) is 0. The van der Waals surface area contributed by atoms with Crippen molar-refractivity contribution in [3.8, 4) is 0 Å². The molecule has 0 aromatic heterocycles. The molecule has 0 aromatic carbocycles. The molecule has 0 N–H and O–H groups in total. The molecule has 1 nitrogen and oxygen atoms in total. The monoisotopic (exact) mass is 149 g/mol. The molecule has 2 heteroatoms. The van der Waals surface area contributed by atoms with E-state index < -0.39 is 0 Å². The Morgan fingerprint density at radius 3 is 2.17 bits per heavy atom. The quantitative estimate of drug-likeness (QED) is 0.502. The number of alkyl halides is 1. The van der Waals surface area contributed by atoms with Crippen molar-refractivity contribution in [1.29, 1.82) is 0 Å². The van der Waals surface area contributed by atoms with E-state index in [2.05, 4.69) is 15.9 Å². The van der Waals surface area contributed by atoms with E-state index in [1.165, 1.54) is 0 Å². The lowest BCUT2D eigenvalue weighted by Gasteiger charge is -1.90. The van der Waals surface area contributed by atoms with E-state index in [1.807, 2.05) is 0 Å². The van der Waals surface area contributed by atoms with Crippen LogP contribution >= 0.6 is 15.9 Å². The highest BCUT2D eigenvalue weighted by Crippen LogP contribution is 2.43. The maximum atomic E-state index is 9.97. The summed E-state index contributed by atoms with van der Waals surface area (Å²) < 4.78 is 0.0486. The maximum Gasteiger partial charge on any atom is 0.0975 e. The summed E-state index contributed by atoms with van der Waals surface area (Å²) in [5.41, 5.74) is 0. The third-order valence-corrected chi connectivity index (χ3v) is 2.07. The van der Waals surface area contributed by atoms with Gasteiger partial charge in [-0.25, -0.2) is 5.11 Å². The molecule has 1 saturated carbocycles. The van der Waals surface area contributed by atoms with Gasteiger partial charge in [0.15, 0.2) is 0 Å². The molecule has 1 radical (unpaired) electrons. The van der Waals surface area contributed by atoms with Crippen LogP contribution in [0.4, 0.5) is 0 Å². The van der Waals surface area contributed by atoms with E-state index in [9.17, 15) is 5.11 Å². The van der Waals surface area contributed by atoms with Crippen LogP contribution in [0.25, 0.3) is 0 Å². The van der Waals surface area contributed by atoms with Gasteiger partial charge in [-0.05, 0) is 12.8 Å². The number of hydrogen-bond acceptors (Lipinski definition) is 0. The van der Waals surface area contributed by atoms with E-state index in [0.29, 0.717) is 0 Å². The van der Waals surface area contributed by atoms with Gasteiger partial charge in [0, 0.05) is 0 Å². The molecule has 0 spiro atoms. The molecule has 1 rings (SSSR count). The zero-order valence-electron chi connectivity index (χ0n) is 3.41. The predicted octanol–water partition coefficient (Wildman–Crippen LogP) is 1.34. The molecule has 0 heterocycles. The van der Waals surface area contributed by atoms with Crippen molar-refractivity contribution >= 4 is 15.9 Å². The lowest BCUT2D eigenvalue weighted by molar-refractivity contribution is 0.190. The normalized spacial score (nSPS) is 27.0. The van der Waals surface area contributed by atoms with Crippen molar-refractivity contribution in [2.75, 3.05) is 6.61 Å². The molecule has 0 atom stereocenters. The van der Waals surface area contributed by atoms with Crippen LogP contribution < -0.4 is 0 Å². The Labute approximate surface area is 45.5 Å². The summed E-state index contributed by atoms with van der Waals surface area (Å²) >= 11 is 3.28. The smallest absolute Gasteiger partial charge is 0.0975 e. The maximum absolute atomic E-state index is 9.97. The Balaban J connectivity index is 2.28. The lowest BCUT2D eigenvalue weighted by atomic mass is 10.5. The van der Waals surface area contributed by atoms with Crippen molar-refractivity contribution in [2.45, 2.75) is 17.2 Å². The first-order chi connectivity index (χ1) is 2.77. The van der Waals surface area contributed by atoms with E-state index >= 15 is 0 Å². The summed E-state index contributed by atoms with van der Waals surface area (Å²) in [7, 11) is 0. The van der Waals surface area contributed by atoms with Crippen LogP contribution in [0.1, 0.15) is 12.8 Å². The highest BCUT2D eigenvalue weighted by molar-refractivity contribution is 9.10. The number of halogens is 1. The van der Waals surface area contributed by atoms with Crippen LogP contribution in [-0.2, 0) is 5.11 Å². The van der Waals surface area contributed by atoms with Crippen LogP contribution in [0.2, 0.25) is 0 Å². The van der Waals surface area contributed by atoms with Gasteiger partial charge in [-0.15, -0.1) is 0 Å². The van der Waals surface area contributed by atoms with Gasteiger partial charge in [0.05, 0.1) is 10.9 Å². The van der Waals surface area contributed by atoms with Gasteiger partial charge < -0.3 is 0 Å². The molecule has 0 aromatic rings. The van der Waals surface area contributed by atoms with Gasteiger partial charge in [-0.3, -0.25) is 0 Å². The van der Waals surface area contributed by atoms with Crippen molar-refractivity contribution in [3.05, 3.63) is 0 Å². The minimum atomic E-state index is 0.0486. The first-order valence-electron chi connectivity index (χ1n) is 2.04. The highest BCUT2D eigenvalue weighted by Gasteiger charge is 2.39. The molecule has 1 fully saturated rings. The molecule has 0 aliphatic heterocycles. The van der Waals surface area contributed by atoms with Crippen LogP contribution in [0.15, 0.2) is 0 Å². The van der Waals surface area contributed by atoms with Gasteiger partial charge in [-0.1, -0.05) is 15.9 Å². The molecule has 0 amide bonds. The molecular formula is C4H6BrO. The molecule has 0 unspecified atom stereocenters. The summed E-state index contributed by atoms with van der Waals surface area (Å²) in [6, 6.07) is 0. The molecule has 0 bridgehead atoms. The van der Waals surface area contributed by atoms with E-state index in [4.69, 9.17) is 0 Å². The molecule has 35 valence electrons. The van der Waals surface area contributed by atoms with Crippen LogP contribution in [0.5, 0.6) is 0 Å². The Kier molecular flexibility index (Phi) is 0.922. The van der Waals surface area contributed by atoms with Gasteiger partial charge in [0.1, 0.15) is 0 Å². The summed E-state index contributed by atoms with van der Waals surface area (Å²) in [5, 5.41) is 9.97. The van der Waals surface area contributed by atoms with Crippen LogP contribution in [0, 0.1) is 0 Å². The van der Waals surface area contributed by atoms with E-state index in [1.54, 1.807) is 0 Å². The number of hydrogen-bond donors (Lipinski definition) is 0. The molecule has 6 heavy (non-hydrogen) atoms. The lowest BCUT2D eigenvalue weighted by Crippen LogP contribution is -1.99. The first-order valence-corrected chi connectivity index (χ1v) is 2.83. The van der Waals surface area contributed by atoms with E-state index in [-0.39, 0.29) is 10.9 Å². The topological polar surface area (TPSA) is 19.9 Å². The zero-order chi connectivity index (χ0) is 4.62. The highest BCUT2D eigenvalue weighted by atomic mass is 79.9. The Morgan fingerprint density at radius 1 is 1.67 bits per heavy atom. The van der Waals surface area contributed by atoms with Crippen LogP contribution in [0.3, 0.4) is 0 Å². The average Bonchev–Trinajstić information content (AvgIpc) is 2.22. The first kappa shape index (κ1) is 4.60. The van der Waals surface area contributed by atoms with Crippen molar-refractivity contribution in [3.63, 3.8) is 0 Å². The minimum Gasteiger partial charge on any atom is -0.235 e. The number of rotatable bonds is 1. The zero-order valence-corrected chi connectivity index (χ0v) is 4.99. The fourth-order valence-electron chi connectivity index (χ4n) is 0.280. The standard InChI is InChI=1S/C4H6BrO/c5-4(3-6)1-2-4/h1-3H2. The SMILES string of the molecule is [O]CC1(Br)CC1. The molecule has 1 aliphatic rings. The summed E-state index contributed by atoms with van der Waals surface area (Å²) in [6.07, 6.45) is 2.16. The largest absolute Gasteiger partial charge is 0.235 e. The predicted molar refractivity (Wildman–Crippen MR) is 26.4 cm³/mol. The summed E-state index contributed by atoms with van der Waals surface area (Å²) in [5.74, 6) is 0. The minimum absolute atomic E-state index is 0.0486. The average molecular weight is 150 g/mol. The van der Waals surface area contributed by atoms with E-state index in [0.717, 1.165) is 12.8 Å². The fourth-order valence-corrected chi connectivity index (χ4v) is 0.478. The fraction of sp³-hybridized carbons (Fsp3) is 1.00. The Bertz CT molecular complexity index is 58.6. The molecular weight excluding hydrogens is 144 g/mol. The van der Waals surface area contributed by atoms with Crippen molar-refractivity contribution in [1.82, 2.24) is 0 Å². The Hall–Kier alpha value is 0.440. The third-order valence-electron chi connectivity index (χ3n) is 1.05. The Morgan fingerprint density at radius 2 is 2.17 bits per heavy atom. The van der Waals surface area contributed by atoms with Gasteiger partial charge in [-0.2, -0.15) is 0 Å². The van der Waals surface area contributed by atoms with Crippen molar-refractivity contribution in [2.24, 2.45) is 0 Å². The molecule has 1 aliphatic carbocycles. The second kappa shape index (κ2) is 1.20.